The minimum absolute atomic E-state index is 0.00930. The normalized spacial score (nSPS) is 14.5. The van der Waals surface area contributed by atoms with E-state index in [-0.39, 0.29) is 32.2 Å². The minimum Gasteiger partial charge on any atom is -0.756 e. The molecule has 0 aliphatic carbocycles. The number of carbonyl (C=O) groups excluding carboxylic acids is 1. The van der Waals surface area contributed by atoms with Crippen LogP contribution in [-0.2, 0) is 27.9 Å². The van der Waals surface area contributed by atoms with Crippen LogP contribution in [0.3, 0.4) is 0 Å². The maximum absolute atomic E-state index is 12.7. The number of likely N-dealkylation sites (N-methyl/N-ethyl adjacent to an activating group) is 1. The van der Waals surface area contributed by atoms with E-state index < -0.39 is 13.9 Å². The van der Waals surface area contributed by atoms with Gasteiger partial charge in [-0.1, -0.05) is 157 Å². The van der Waals surface area contributed by atoms with E-state index in [1.54, 1.807) is 0 Å². The lowest BCUT2D eigenvalue weighted by atomic mass is 10.1. The second kappa shape index (κ2) is 41.4. The summed E-state index contributed by atoms with van der Waals surface area (Å²) >= 11 is 0. The number of rotatable bonds is 41. The smallest absolute Gasteiger partial charge is 0.306 e. The third kappa shape index (κ3) is 44.8. The number of hydrogen-bond acceptors (Lipinski definition) is 7. The molecule has 0 radical (unpaired) electrons. The summed E-state index contributed by atoms with van der Waals surface area (Å²) in [7, 11) is 1.30. The number of phosphoric ester groups is 1. The number of quaternary nitrogens is 1. The Labute approximate surface area is 356 Å². The van der Waals surface area contributed by atoms with Crippen LogP contribution in [0.15, 0.2) is 85.1 Å². The van der Waals surface area contributed by atoms with Crippen molar-refractivity contribution in [1.82, 2.24) is 0 Å². The molecule has 0 saturated carbocycles. The number of esters is 1. The van der Waals surface area contributed by atoms with E-state index in [2.05, 4.69) is 98.9 Å². The summed E-state index contributed by atoms with van der Waals surface area (Å²) in [6.45, 7) is 5.10. The number of nitrogens with zero attached hydrogens (tertiary/aromatic N) is 1. The second-order valence-electron chi connectivity index (χ2n) is 16.0. The van der Waals surface area contributed by atoms with E-state index in [0.717, 1.165) is 83.5 Å². The van der Waals surface area contributed by atoms with Gasteiger partial charge < -0.3 is 27.9 Å². The van der Waals surface area contributed by atoms with Gasteiger partial charge in [0.25, 0.3) is 7.82 Å². The Morgan fingerprint density at radius 2 is 1.00 bits per heavy atom. The summed E-state index contributed by atoms with van der Waals surface area (Å²) in [6.07, 6.45) is 54.7. The third-order valence-corrected chi connectivity index (χ3v) is 10.1. The Kier molecular flexibility index (Phi) is 39.8. The zero-order chi connectivity index (χ0) is 42.7. The van der Waals surface area contributed by atoms with Crippen LogP contribution >= 0.6 is 7.82 Å². The van der Waals surface area contributed by atoms with Crippen LogP contribution in [0.2, 0.25) is 0 Å². The highest BCUT2D eigenvalue weighted by Gasteiger charge is 2.20. The fourth-order valence-electron chi connectivity index (χ4n) is 5.67. The molecule has 0 saturated heterocycles. The van der Waals surface area contributed by atoms with Crippen molar-refractivity contribution in [3.05, 3.63) is 85.1 Å². The first-order valence-electron chi connectivity index (χ1n) is 22.8. The highest BCUT2D eigenvalue weighted by atomic mass is 31.2. The summed E-state index contributed by atoms with van der Waals surface area (Å²) in [5.41, 5.74) is 0. The molecule has 0 spiro atoms. The largest absolute Gasteiger partial charge is 0.756 e. The highest BCUT2D eigenvalue weighted by Crippen LogP contribution is 2.38. The van der Waals surface area contributed by atoms with Gasteiger partial charge in [0, 0.05) is 13.0 Å². The molecule has 0 aromatic heterocycles. The van der Waals surface area contributed by atoms with Crippen molar-refractivity contribution in [3.8, 4) is 0 Å². The molecule has 2 atom stereocenters. The van der Waals surface area contributed by atoms with Crippen LogP contribution in [0.4, 0.5) is 0 Å². The SMILES string of the molecule is CC/C=C\C/C=C\C/C=C\C/C=C\C/C=C\C/C=C\CCCOCC(COP(=O)([O-])OCC[N+](C)(C)C)OC(=O)CCCCCCC/C=C\CCCCCCCCC. The average molecular weight is 832 g/mol. The molecule has 9 heteroatoms. The van der Waals surface area contributed by atoms with E-state index in [9.17, 15) is 14.3 Å². The molecule has 2 unspecified atom stereocenters. The van der Waals surface area contributed by atoms with Gasteiger partial charge in [-0.2, -0.15) is 0 Å². The van der Waals surface area contributed by atoms with Gasteiger partial charge >= 0.3 is 5.97 Å². The zero-order valence-corrected chi connectivity index (χ0v) is 38.6. The first-order valence-corrected chi connectivity index (χ1v) is 24.3. The lowest BCUT2D eigenvalue weighted by Crippen LogP contribution is -2.37. The standard InChI is InChI=1S/C49H86NO7P/c1-6-8-10-12-14-16-18-20-22-24-25-26-27-29-31-33-35-37-39-41-44-54-46-48(47-56-58(52,53)55-45-43-50(3,4)5)57-49(51)42-40-38-36-34-32-30-28-23-21-19-17-15-13-11-9-7-2/h8,10,14,16,20,22-23,25-26,28-29,31,35,37,48H,6-7,9,11-13,15,17-19,21,24,27,30,32-34,36,38-47H2,1-5H3/b10-8-,16-14-,22-20-,26-25-,28-23-,31-29-,37-35-. The number of ether oxygens (including phenoxy) is 2. The summed E-state index contributed by atoms with van der Waals surface area (Å²) in [4.78, 5) is 25.1. The van der Waals surface area contributed by atoms with Gasteiger partial charge in [0.05, 0.1) is 34.4 Å². The van der Waals surface area contributed by atoms with E-state index >= 15 is 0 Å². The van der Waals surface area contributed by atoms with Crippen LogP contribution < -0.4 is 4.89 Å². The van der Waals surface area contributed by atoms with Crippen LogP contribution in [0, 0.1) is 0 Å². The number of hydrogen-bond donors (Lipinski definition) is 0. The predicted octanol–water partition coefficient (Wildman–Crippen LogP) is 13.0. The summed E-state index contributed by atoms with van der Waals surface area (Å²) in [6, 6.07) is 0. The summed E-state index contributed by atoms with van der Waals surface area (Å²) in [5, 5.41) is 0. The molecule has 0 aromatic carbocycles. The van der Waals surface area contributed by atoms with Gasteiger partial charge in [-0.05, 0) is 83.5 Å². The molecule has 0 heterocycles. The Hall–Kier alpha value is -2.32. The topological polar surface area (TPSA) is 94.1 Å². The first-order chi connectivity index (χ1) is 28.1. The molecule has 0 fully saturated rings. The van der Waals surface area contributed by atoms with Crippen LogP contribution in [0.5, 0.6) is 0 Å². The number of allylic oxidation sites excluding steroid dienone is 14. The maximum atomic E-state index is 12.7. The van der Waals surface area contributed by atoms with E-state index in [1.807, 2.05) is 21.1 Å². The lowest BCUT2D eigenvalue weighted by molar-refractivity contribution is -0.870. The molecule has 0 aliphatic heterocycles. The summed E-state index contributed by atoms with van der Waals surface area (Å²) in [5.74, 6) is -0.366. The van der Waals surface area contributed by atoms with E-state index in [1.165, 1.54) is 57.8 Å². The van der Waals surface area contributed by atoms with Crippen molar-refractivity contribution >= 4 is 13.8 Å². The molecule has 58 heavy (non-hydrogen) atoms. The first kappa shape index (κ1) is 55.7. The van der Waals surface area contributed by atoms with Gasteiger partial charge in [-0.3, -0.25) is 9.36 Å². The van der Waals surface area contributed by atoms with Gasteiger partial charge in [0.15, 0.2) is 0 Å². The lowest BCUT2D eigenvalue weighted by Gasteiger charge is -2.28. The Morgan fingerprint density at radius 3 is 1.52 bits per heavy atom. The molecule has 0 rings (SSSR count). The Balaban J connectivity index is 4.36. The van der Waals surface area contributed by atoms with Crippen molar-refractivity contribution < 1.29 is 37.3 Å². The second-order valence-corrected chi connectivity index (χ2v) is 17.4. The number of carbonyl (C=O) groups is 1. The number of unbranched alkanes of at least 4 members (excludes halogenated alkanes) is 13. The fourth-order valence-corrected chi connectivity index (χ4v) is 6.40. The predicted molar refractivity (Wildman–Crippen MR) is 245 cm³/mol. The quantitative estimate of drug-likeness (QED) is 0.0199. The molecule has 334 valence electrons. The summed E-state index contributed by atoms with van der Waals surface area (Å²) < 4.78 is 34.5. The van der Waals surface area contributed by atoms with Crippen LogP contribution in [0.25, 0.3) is 0 Å². The Morgan fingerprint density at radius 1 is 0.552 bits per heavy atom. The van der Waals surface area contributed by atoms with Crippen LogP contribution in [0.1, 0.15) is 162 Å². The third-order valence-electron chi connectivity index (χ3n) is 9.18. The maximum Gasteiger partial charge on any atom is 0.306 e. The van der Waals surface area contributed by atoms with Crippen LogP contribution in [-0.4, -0.2) is 70.7 Å². The zero-order valence-electron chi connectivity index (χ0n) is 37.7. The number of phosphoric acid groups is 1. The van der Waals surface area contributed by atoms with Gasteiger partial charge in [0.2, 0.25) is 0 Å². The van der Waals surface area contributed by atoms with E-state index in [4.69, 9.17) is 18.5 Å². The Bertz CT molecular complexity index is 1200. The molecular weight excluding hydrogens is 746 g/mol. The highest BCUT2D eigenvalue weighted by molar-refractivity contribution is 7.45. The van der Waals surface area contributed by atoms with Gasteiger partial charge in [-0.25, -0.2) is 0 Å². The minimum atomic E-state index is -4.55. The molecule has 0 bridgehead atoms. The van der Waals surface area contributed by atoms with Crippen molar-refractivity contribution in [3.63, 3.8) is 0 Å². The molecule has 0 aromatic rings. The van der Waals surface area contributed by atoms with Crippen molar-refractivity contribution in [2.75, 3.05) is 54.1 Å². The molecule has 0 aliphatic rings. The van der Waals surface area contributed by atoms with Crippen molar-refractivity contribution in [2.24, 2.45) is 0 Å². The fraction of sp³-hybridized carbons (Fsp3) is 0.694. The van der Waals surface area contributed by atoms with Gasteiger partial charge in [0.1, 0.15) is 19.3 Å². The van der Waals surface area contributed by atoms with Crippen molar-refractivity contribution in [1.29, 1.82) is 0 Å². The molecule has 0 amide bonds. The molecule has 0 N–H and O–H groups in total. The van der Waals surface area contributed by atoms with Crippen molar-refractivity contribution in [2.45, 2.75) is 168 Å². The molecular formula is C49H86NO7P. The molecule has 8 nitrogen and oxygen atoms in total. The van der Waals surface area contributed by atoms with E-state index in [0.29, 0.717) is 17.6 Å². The average Bonchev–Trinajstić information content (AvgIpc) is 3.18. The monoisotopic (exact) mass is 832 g/mol. The van der Waals surface area contributed by atoms with Gasteiger partial charge in [-0.15, -0.1) is 0 Å².